The lowest BCUT2D eigenvalue weighted by Gasteiger charge is -2.13. The number of ether oxygens (including phenoxy) is 2. The number of fused-ring (bicyclic) bond motifs is 1. The summed E-state index contributed by atoms with van der Waals surface area (Å²) in [6.07, 6.45) is 4.55. The number of aromatic nitrogens is 1. The molecule has 5 nitrogen and oxygen atoms in total. The molecule has 29 heavy (non-hydrogen) atoms. The first-order valence-electron chi connectivity index (χ1n) is 10.00. The second-order valence-electron chi connectivity index (χ2n) is 7.11. The van der Waals surface area contributed by atoms with Gasteiger partial charge in [-0.25, -0.2) is 9.78 Å². The highest BCUT2D eigenvalue weighted by atomic mass is 16.5. The number of hydrogen-bond donors (Lipinski definition) is 1. The van der Waals surface area contributed by atoms with E-state index < -0.39 is 5.97 Å². The number of hydrogen-bond acceptors (Lipinski definition) is 4. The fraction of sp³-hybridized carbons (Fsp3) is 0.333. The fourth-order valence-electron chi connectivity index (χ4n) is 3.37. The molecule has 0 saturated carbocycles. The zero-order chi connectivity index (χ0) is 20.8. The van der Waals surface area contributed by atoms with Gasteiger partial charge in [0, 0.05) is 10.9 Å². The number of benzene rings is 2. The van der Waals surface area contributed by atoms with Crippen molar-refractivity contribution in [1.82, 2.24) is 4.98 Å². The Morgan fingerprint density at radius 2 is 1.90 bits per heavy atom. The number of carboxylic acid groups (broad SMARTS) is 1. The van der Waals surface area contributed by atoms with Crippen LogP contribution in [-0.2, 0) is 0 Å². The molecular weight excluding hydrogens is 366 g/mol. The molecule has 152 valence electrons. The topological polar surface area (TPSA) is 68.7 Å². The summed E-state index contributed by atoms with van der Waals surface area (Å²) in [4.78, 5) is 16.5. The third kappa shape index (κ3) is 4.67. The number of rotatable bonds is 9. The van der Waals surface area contributed by atoms with Crippen molar-refractivity contribution < 1.29 is 19.4 Å². The van der Waals surface area contributed by atoms with Gasteiger partial charge in [0.2, 0.25) is 0 Å². The second kappa shape index (κ2) is 9.41. The standard InChI is InChI=1S/C24H27NO4/c1-4-5-6-7-13-29-21-12-11-17(14-22(21)28-3)20-15-19(24(26)27)18-10-8-9-16(2)23(18)25-20/h8-12,14-15H,4-7,13H2,1-3H3,(H,26,27). The number of aromatic carboxylic acids is 1. The van der Waals surface area contributed by atoms with Crippen LogP contribution in [0, 0.1) is 6.92 Å². The number of nitrogens with zero attached hydrogens (tertiary/aromatic N) is 1. The molecule has 5 heteroatoms. The van der Waals surface area contributed by atoms with Gasteiger partial charge in [-0.3, -0.25) is 0 Å². The number of carbonyl (C=O) groups is 1. The zero-order valence-electron chi connectivity index (χ0n) is 17.2. The highest BCUT2D eigenvalue weighted by Gasteiger charge is 2.15. The van der Waals surface area contributed by atoms with Gasteiger partial charge in [0.25, 0.3) is 0 Å². The fourth-order valence-corrected chi connectivity index (χ4v) is 3.37. The summed E-state index contributed by atoms with van der Waals surface area (Å²) in [5.74, 6) is 0.327. The molecule has 0 radical (unpaired) electrons. The molecule has 3 aromatic rings. The summed E-state index contributed by atoms with van der Waals surface area (Å²) in [7, 11) is 1.60. The van der Waals surface area contributed by atoms with Crippen LogP contribution < -0.4 is 9.47 Å². The predicted octanol–water partition coefficient (Wildman–Crippen LogP) is 5.88. The smallest absolute Gasteiger partial charge is 0.336 e. The number of para-hydroxylation sites is 1. The molecule has 0 atom stereocenters. The molecule has 2 aromatic carbocycles. The highest BCUT2D eigenvalue weighted by Crippen LogP contribution is 2.34. The summed E-state index contributed by atoms with van der Waals surface area (Å²) >= 11 is 0. The summed E-state index contributed by atoms with van der Waals surface area (Å²) in [6.45, 7) is 4.76. The summed E-state index contributed by atoms with van der Waals surface area (Å²) in [5, 5.41) is 10.3. The molecule has 0 unspecified atom stereocenters. The lowest BCUT2D eigenvalue weighted by atomic mass is 10.0. The monoisotopic (exact) mass is 393 g/mol. The van der Waals surface area contributed by atoms with Gasteiger partial charge in [-0.1, -0.05) is 44.4 Å². The Morgan fingerprint density at radius 3 is 2.62 bits per heavy atom. The van der Waals surface area contributed by atoms with E-state index in [1.54, 1.807) is 19.2 Å². The number of aryl methyl sites for hydroxylation is 1. The van der Waals surface area contributed by atoms with Crippen LogP contribution in [0.4, 0.5) is 0 Å². The first-order valence-corrected chi connectivity index (χ1v) is 10.00. The Kier molecular flexibility index (Phi) is 6.70. The highest BCUT2D eigenvalue weighted by molar-refractivity contribution is 6.04. The Hall–Kier alpha value is -3.08. The van der Waals surface area contributed by atoms with Crippen LogP contribution in [0.25, 0.3) is 22.2 Å². The molecular formula is C24H27NO4. The average molecular weight is 393 g/mol. The van der Waals surface area contributed by atoms with Gasteiger partial charge in [0.1, 0.15) is 0 Å². The van der Waals surface area contributed by atoms with Crippen LogP contribution in [-0.4, -0.2) is 29.8 Å². The van der Waals surface area contributed by atoms with Gasteiger partial charge in [0.15, 0.2) is 11.5 Å². The van der Waals surface area contributed by atoms with E-state index in [2.05, 4.69) is 6.92 Å². The van der Waals surface area contributed by atoms with Gasteiger partial charge >= 0.3 is 5.97 Å². The van der Waals surface area contributed by atoms with Crippen LogP contribution in [0.3, 0.4) is 0 Å². The summed E-state index contributed by atoms with van der Waals surface area (Å²) < 4.78 is 11.4. The van der Waals surface area contributed by atoms with Crippen molar-refractivity contribution in [1.29, 1.82) is 0 Å². The van der Waals surface area contributed by atoms with E-state index in [4.69, 9.17) is 14.5 Å². The minimum absolute atomic E-state index is 0.240. The number of carboxylic acids is 1. The second-order valence-corrected chi connectivity index (χ2v) is 7.11. The van der Waals surface area contributed by atoms with Crippen molar-refractivity contribution >= 4 is 16.9 Å². The SMILES string of the molecule is CCCCCCOc1ccc(-c2cc(C(=O)O)c3cccc(C)c3n2)cc1OC. The maximum atomic E-state index is 11.8. The molecule has 1 N–H and O–H groups in total. The third-order valence-corrected chi connectivity index (χ3v) is 4.99. The molecule has 0 fully saturated rings. The molecule has 3 rings (SSSR count). The van der Waals surface area contributed by atoms with E-state index in [0.29, 0.717) is 34.7 Å². The van der Waals surface area contributed by atoms with Crippen molar-refractivity contribution in [3.63, 3.8) is 0 Å². The first kappa shape index (κ1) is 20.6. The van der Waals surface area contributed by atoms with Crippen molar-refractivity contribution in [3.8, 4) is 22.8 Å². The Morgan fingerprint density at radius 1 is 1.07 bits per heavy atom. The van der Waals surface area contributed by atoms with E-state index in [9.17, 15) is 9.90 Å². The summed E-state index contributed by atoms with van der Waals surface area (Å²) in [6, 6.07) is 12.8. The molecule has 0 aliphatic carbocycles. The van der Waals surface area contributed by atoms with Crippen LogP contribution in [0.1, 0.15) is 48.5 Å². The third-order valence-electron chi connectivity index (χ3n) is 4.99. The number of methoxy groups -OCH3 is 1. The van der Waals surface area contributed by atoms with Crippen LogP contribution in [0.5, 0.6) is 11.5 Å². The van der Waals surface area contributed by atoms with E-state index in [-0.39, 0.29) is 5.56 Å². The van der Waals surface area contributed by atoms with E-state index in [1.807, 2.05) is 37.3 Å². The Bertz CT molecular complexity index is 1010. The van der Waals surface area contributed by atoms with Crippen LogP contribution in [0.2, 0.25) is 0 Å². The predicted molar refractivity (Wildman–Crippen MR) is 115 cm³/mol. The number of pyridine rings is 1. The van der Waals surface area contributed by atoms with Crippen LogP contribution in [0.15, 0.2) is 42.5 Å². The molecule has 0 amide bonds. The number of unbranched alkanes of at least 4 members (excludes halogenated alkanes) is 3. The van der Waals surface area contributed by atoms with Crippen molar-refractivity contribution in [3.05, 3.63) is 53.6 Å². The van der Waals surface area contributed by atoms with Gasteiger partial charge in [-0.15, -0.1) is 0 Å². The molecule has 0 aliphatic rings. The minimum Gasteiger partial charge on any atom is -0.493 e. The van der Waals surface area contributed by atoms with Gasteiger partial charge in [0.05, 0.1) is 30.5 Å². The molecule has 0 spiro atoms. The molecule has 1 heterocycles. The summed E-state index contributed by atoms with van der Waals surface area (Å²) in [5.41, 5.74) is 3.25. The van der Waals surface area contributed by atoms with Crippen molar-refractivity contribution in [2.24, 2.45) is 0 Å². The molecule has 0 saturated heterocycles. The van der Waals surface area contributed by atoms with Gasteiger partial charge in [-0.05, 0) is 43.2 Å². The first-order chi connectivity index (χ1) is 14.0. The Balaban J connectivity index is 1.95. The average Bonchev–Trinajstić information content (AvgIpc) is 2.73. The normalized spacial score (nSPS) is 10.9. The lowest BCUT2D eigenvalue weighted by Crippen LogP contribution is -2.02. The largest absolute Gasteiger partial charge is 0.493 e. The quantitative estimate of drug-likeness (QED) is 0.460. The maximum Gasteiger partial charge on any atom is 0.336 e. The van der Waals surface area contributed by atoms with E-state index in [1.165, 1.54) is 12.8 Å². The zero-order valence-corrected chi connectivity index (χ0v) is 17.2. The molecule has 1 aromatic heterocycles. The molecule has 0 bridgehead atoms. The van der Waals surface area contributed by atoms with Crippen molar-refractivity contribution in [2.45, 2.75) is 39.5 Å². The Labute approximate surface area is 171 Å². The van der Waals surface area contributed by atoms with Gasteiger partial charge < -0.3 is 14.6 Å². The van der Waals surface area contributed by atoms with E-state index >= 15 is 0 Å². The van der Waals surface area contributed by atoms with Crippen molar-refractivity contribution in [2.75, 3.05) is 13.7 Å². The lowest BCUT2D eigenvalue weighted by molar-refractivity contribution is 0.0699. The van der Waals surface area contributed by atoms with Gasteiger partial charge in [-0.2, -0.15) is 0 Å². The van der Waals surface area contributed by atoms with Crippen LogP contribution >= 0.6 is 0 Å². The maximum absolute atomic E-state index is 11.8. The van der Waals surface area contributed by atoms with E-state index in [0.717, 1.165) is 24.0 Å². The minimum atomic E-state index is -0.969. The molecule has 0 aliphatic heterocycles.